The van der Waals surface area contributed by atoms with E-state index in [4.69, 9.17) is 22.4 Å². The number of carboxylic acids is 1. The second kappa shape index (κ2) is 4.39. The molecule has 0 aliphatic rings. The van der Waals surface area contributed by atoms with E-state index >= 15 is 0 Å². The van der Waals surface area contributed by atoms with Crippen LogP contribution in [0.15, 0.2) is 24.4 Å². The third kappa shape index (κ3) is 2.28. The molecule has 3 N–H and O–H groups in total. The summed E-state index contributed by atoms with van der Waals surface area (Å²) in [6.07, 6.45) is 2.19. The van der Waals surface area contributed by atoms with Crippen LogP contribution in [0.1, 0.15) is 5.56 Å². The van der Waals surface area contributed by atoms with Crippen molar-refractivity contribution in [1.82, 2.24) is 4.57 Å². The van der Waals surface area contributed by atoms with Gasteiger partial charge in [-0.2, -0.15) is 0 Å². The average molecular weight is 253 g/mol. The Balaban J connectivity index is 2.42. The molecule has 1 atom stereocenters. The average Bonchev–Trinajstić information content (AvgIpc) is 2.61. The molecule has 0 radical (unpaired) electrons. The first kappa shape index (κ1) is 12.0. The Hall–Kier alpha value is -1.52. The van der Waals surface area contributed by atoms with Crippen LogP contribution in [0.2, 0.25) is 5.02 Å². The fraction of sp³-hybridized carbons (Fsp3) is 0.250. The first-order chi connectivity index (χ1) is 7.99. The van der Waals surface area contributed by atoms with Crippen molar-refractivity contribution in [2.75, 3.05) is 0 Å². The normalized spacial score (nSPS) is 12.9. The van der Waals surface area contributed by atoms with Crippen LogP contribution < -0.4 is 5.73 Å². The van der Waals surface area contributed by atoms with Gasteiger partial charge in [0.2, 0.25) is 0 Å². The number of aliphatic carboxylic acids is 1. The van der Waals surface area contributed by atoms with Gasteiger partial charge in [0.15, 0.2) is 0 Å². The summed E-state index contributed by atoms with van der Waals surface area (Å²) < 4.78 is 1.94. The van der Waals surface area contributed by atoms with Gasteiger partial charge in [0.05, 0.1) is 5.02 Å². The molecule has 1 unspecified atom stereocenters. The number of halogens is 1. The summed E-state index contributed by atoms with van der Waals surface area (Å²) in [7, 11) is 1.92. The van der Waals surface area contributed by atoms with Gasteiger partial charge in [-0.3, -0.25) is 4.79 Å². The molecule has 0 bridgehead atoms. The molecule has 0 saturated heterocycles. The molecular formula is C12H13ClN2O2. The maximum Gasteiger partial charge on any atom is 0.320 e. The maximum absolute atomic E-state index is 10.7. The van der Waals surface area contributed by atoms with Gasteiger partial charge in [-0.1, -0.05) is 11.6 Å². The van der Waals surface area contributed by atoms with E-state index in [-0.39, 0.29) is 6.42 Å². The molecule has 0 aliphatic carbocycles. The Labute approximate surface area is 104 Å². The Morgan fingerprint density at radius 1 is 1.59 bits per heavy atom. The number of nitrogens with two attached hydrogens (primary N) is 1. The zero-order chi connectivity index (χ0) is 12.6. The van der Waals surface area contributed by atoms with Crippen molar-refractivity contribution in [3.8, 4) is 0 Å². The highest BCUT2D eigenvalue weighted by molar-refractivity contribution is 6.35. The van der Waals surface area contributed by atoms with Crippen molar-refractivity contribution < 1.29 is 9.90 Å². The minimum atomic E-state index is -1.01. The van der Waals surface area contributed by atoms with Gasteiger partial charge in [-0.05, 0) is 30.2 Å². The van der Waals surface area contributed by atoms with E-state index in [1.807, 2.05) is 29.9 Å². The lowest BCUT2D eigenvalue weighted by Crippen LogP contribution is -2.32. The molecule has 5 heteroatoms. The highest BCUT2D eigenvalue weighted by Crippen LogP contribution is 2.26. The summed E-state index contributed by atoms with van der Waals surface area (Å²) in [6.45, 7) is 0. The lowest BCUT2D eigenvalue weighted by Gasteiger charge is -2.08. The van der Waals surface area contributed by atoms with Crippen molar-refractivity contribution in [3.63, 3.8) is 0 Å². The summed E-state index contributed by atoms with van der Waals surface area (Å²) in [5, 5.41) is 10.4. The molecule has 0 spiro atoms. The number of rotatable bonds is 3. The second-order valence-electron chi connectivity index (χ2n) is 4.09. The molecule has 1 aromatic carbocycles. The minimum Gasteiger partial charge on any atom is -0.480 e. The third-order valence-corrected chi connectivity index (χ3v) is 3.10. The molecule has 0 saturated carbocycles. The number of carbonyl (C=O) groups is 1. The molecule has 90 valence electrons. The van der Waals surface area contributed by atoms with Crippen molar-refractivity contribution in [3.05, 3.63) is 35.0 Å². The third-order valence-electron chi connectivity index (χ3n) is 2.79. The summed E-state index contributed by atoms with van der Waals surface area (Å²) in [5.41, 5.74) is 7.32. The standard InChI is InChI=1S/C12H13ClN2O2/c1-15-3-2-8-9(13)4-7(6-11(8)15)5-10(14)12(16)17/h2-4,6,10H,5,14H2,1H3,(H,16,17). The van der Waals surface area contributed by atoms with E-state index in [0.717, 1.165) is 16.5 Å². The quantitative estimate of drug-likeness (QED) is 0.875. The predicted octanol–water partition coefficient (Wildman–Crippen LogP) is 1.79. The summed E-state index contributed by atoms with van der Waals surface area (Å²) >= 11 is 6.14. The van der Waals surface area contributed by atoms with E-state index in [1.165, 1.54) is 0 Å². The van der Waals surface area contributed by atoms with Crippen LogP contribution >= 0.6 is 11.6 Å². The number of hydrogen-bond donors (Lipinski definition) is 2. The fourth-order valence-electron chi connectivity index (χ4n) is 1.84. The molecule has 0 aliphatic heterocycles. The van der Waals surface area contributed by atoms with Crippen LogP contribution in [-0.2, 0) is 18.3 Å². The van der Waals surface area contributed by atoms with Crippen molar-refractivity contribution in [2.24, 2.45) is 12.8 Å². The monoisotopic (exact) mass is 252 g/mol. The zero-order valence-corrected chi connectivity index (χ0v) is 10.1. The van der Waals surface area contributed by atoms with Crippen LogP contribution in [0.25, 0.3) is 10.9 Å². The largest absolute Gasteiger partial charge is 0.480 e. The number of fused-ring (bicyclic) bond motifs is 1. The van der Waals surface area contributed by atoms with Gasteiger partial charge in [-0.25, -0.2) is 0 Å². The minimum absolute atomic E-state index is 0.274. The van der Waals surface area contributed by atoms with Gasteiger partial charge < -0.3 is 15.4 Å². The van der Waals surface area contributed by atoms with E-state index in [2.05, 4.69) is 0 Å². The van der Waals surface area contributed by atoms with Gasteiger partial charge in [-0.15, -0.1) is 0 Å². The fourth-order valence-corrected chi connectivity index (χ4v) is 2.14. The zero-order valence-electron chi connectivity index (χ0n) is 9.35. The highest BCUT2D eigenvalue weighted by Gasteiger charge is 2.14. The topological polar surface area (TPSA) is 68.2 Å². The van der Waals surface area contributed by atoms with Gasteiger partial charge in [0, 0.05) is 24.1 Å². The van der Waals surface area contributed by atoms with Crippen LogP contribution in [0.4, 0.5) is 0 Å². The number of nitrogens with zero attached hydrogens (tertiary/aromatic N) is 1. The Morgan fingerprint density at radius 2 is 2.29 bits per heavy atom. The lowest BCUT2D eigenvalue weighted by atomic mass is 10.1. The van der Waals surface area contributed by atoms with Crippen LogP contribution in [0.5, 0.6) is 0 Å². The molecule has 17 heavy (non-hydrogen) atoms. The number of aromatic nitrogens is 1. The van der Waals surface area contributed by atoms with E-state index in [9.17, 15) is 4.79 Å². The Bertz CT molecular complexity index is 577. The van der Waals surface area contributed by atoms with Crippen molar-refractivity contribution in [2.45, 2.75) is 12.5 Å². The van der Waals surface area contributed by atoms with Gasteiger partial charge in [0.1, 0.15) is 6.04 Å². The van der Waals surface area contributed by atoms with Crippen molar-refractivity contribution >= 4 is 28.5 Å². The SMILES string of the molecule is Cn1ccc2c(Cl)cc(CC(N)C(=O)O)cc21. The Kier molecular flexibility index (Phi) is 3.09. The number of benzene rings is 1. The van der Waals surface area contributed by atoms with E-state index < -0.39 is 12.0 Å². The van der Waals surface area contributed by atoms with Gasteiger partial charge in [0.25, 0.3) is 0 Å². The summed E-state index contributed by atoms with van der Waals surface area (Å²) in [5.74, 6) is -1.01. The summed E-state index contributed by atoms with van der Waals surface area (Å²) in [4.78, 5) is 10.7. The van der Waals surface area contributed by atoms with Crippen LogP contribution in [0.3, 0.4) is 0 Å². The predicted molar refractivity (Wildman–Crippen MR) is 67.2 cm³/mol. The molecule has 2 rings (SSSR count). The van der Waals surface area contributed by atoms with E-state index in [0.29, 0.717) is 5.02 Å². The second-order valence-corrected chi connectivity index (χ2v) is 4.49. The molecule has 0 fully saturated rings. The lowest BCUT2D eigenvalue weighted by molar-refractivity contribution is -0.138. The van der Waals surface area contributed by atoms with Crippen molar-refractivity contribution in [1.29, 1.82) is 0 Å². The molecular weight excluding hydrogens is 240 g/mol. The summed E-state index contributed by atoms with van der Waals surface area (Å²) in [6, 6.07) is 4.72. The molecule has 1 aromatic heterocycles. The molecule has 1 heterocycles. The van der Waals surface area contributed by atoms with Gasteiger partial charge >= 0.3 is 5.97 Å². The van der Waals surface area contributed by atoms with Crippen LogP contribution in [0, 0.1) is 0 Å². The number of aryl methyl sites for hydroxylation is 1. The molecule has 4 nitrogen and oxygen atoms in total. The highest BCUT2D eigenvalue weighted by atomic mass is 35.5. The Morgan fingerprint density at radius 3 is 2.94 bits per heavy atom. The molecule has 2 aromatic rings. The molecule has 0 amide bonds. The number of carboxylic acid groups (broad SMARTS) is 1. The van der Waals surface area contributed by atoms with Crippen LogP contribution in [-0.4, -0.2) is 21.7 Å². The number of hydrogen-bond acceptors (Lipinski definition) is 2. The maximum atomic E-state index is 10.7. The first-order valence-electron chi connectivity index (χ1n) is 5.21. The first-order valence-corrected chi connectivity index (χ1v) is 5.58. The van der Waals surface area contributed by atoms with E-state index in [1.54, 1.807) is 6.07 Å². The smallest absolute Gasteiger partial charge is 0.320 e.